The molecule has 0 saturated carbocycles. The number of aromatic nitrogens is 2. The molecule has 0 fully saturated rings. The van der Waals surface area contributed by atoms with E-state index in [4.69, 9.17) is 9.47 Å². The lowest BCUT2D eigenvalue weighted by atomic mass is 10.1. The zero-order valence-electron chi connectivity index (χ0n) is 17.4. The zero-order valence-corrected chi connectivity index (χ0v) is 17.4. The van der Waals surface area contributed by atoms with Crippen molar-refractivity contribution in [3.05, 3.63) is 78.0 Å². The van der Waals surface area contributed by atoms with Crippen LogP contribution in [0.25, 0.3) is 0 Å². The third-order valence-corrected chi connectivity index (χ3v) is 4.57. The van der Waals surface area contributed by atoms with Crippen LogP contribution in [-0.4, -0.2) is 36.2 Å². The molecule has 3 rings (SSSR count). The van der Waals surface area contributed by atoms with Crippen molar-refractivity contribution in [2.75, 3.05) is 24.9 Å². The summed E-state index contributed by atoms with van der Waals surface area (Å²) in [6.07, 6.45) is 2.64. The molecule has 0 atom stereocenters. The van der Waals surface area contributed by atoms with Crippen LogP contribution in [0.5, 0.6) is 11.5 Å². The second-order valence-electron chi connectivity index (χ2n) is 6.72. The van der Waals surface area contributed by atoms with Gasteiger partial charge < -0.3 is 20.1 Å². The van der Waals surface area contributed by atoms with Crippen LogP contribution < -0.4 is 20.1 Å². The minimum atomic E-state index is -0.311. The summed E-state index contributed by atoms with van der Waals surface area (Å²) in [6.45, 7) is 3.40. The first-order valence-corrected chi connectivity index (χ1v) is 9.62. The third-order valence-electron chi connectivity index (χ3n) is 4.57. The lowest BCUT2D eigenvalue weighted by Gasteiger charge is -2.08. The Morgan fingerprint density at radius 2 is 1.68 bits per heavy atom. The lowest BCUT2D eigenvalue weighted by Crippen LogP contribution is -2.12. The number of rotatable bonds is 9. The normalized spacial score (nSPS) is 10.3. The van der Waals surface area contributed by atoms with Gasteiger partial charge >= 0.3 is 0 Å². The van der Waals surface area contributed by atoms with Crippen LogP contribution in [0.15, 0.2) is 61.2 Å². The van der Waals surface area contributed by atoms with Crippen LogP contribution in [0, 0.1) is 0 Å². The van der Waals surface area contributed by atoms with Crippen LogP contribution in [-0.2, 0) is 17.6 Å². The third kappa shape index (κ3) is 5.96. The minimum Gasteiger partial charge on any atom is -0.497 e. The first kappa shape index (κ1) is 21.6. The number of nitrogens with zero attached hydrogens (tertiary/aromatic N) is 1. The van der Waals surface area contributed by atoms with Gasteiger partial charge in [-0.1, -0.05) is 6.58 Å². The molecule has 3 N–H and O–H groups in total. The Hall–Kier alpha value is -4.07. The van der Waals surface area contributed by atoms with Crippen molar-refractivity contribution >= 4 is 23.3 Å². The van der Waals surface area contributed by atoms with E-state index < -0.39 is 0 Å². The highest BCUT2D eigenvalue weighted by Crippen LogP contribution is 2.23. The summed E-state index contributed by atoms with van der Waals surface area (Å²) in [7, 11) is 3.24. The molecular formula is C23H24N4O4. The van der Waals surface area contributed by atoms with Crippen LogP contribution in [0.4, 0.5) is 11.5 Å². The van der Waals surface area contributed by atoms with Crippen LogP contribution in [0.2, 0.25) is 0 Å². The van der Waals surface area contributed by atoms with Gasteiger partial charge in [0, 0.05) is 29.1 Å². The SMILES string of the molecule is C=CC(=O)Nc1ccc(C(=O)Nc2cc(CCc3cc(OC)cc(OC)c3)[nH]n2)cc1. The number of anilines is 2. The Morgan fingerprint density at radius 3 is 2.29 bits per heavy atom. The molecule has 31 heavy (non-hydrogen) atoms. The van der Waals surface area contributed by atoms with E-state index in [-0.39, 0.29) is 11.8 Å². The maximum atomic E-state index is 12.4. The van der Waals surface area contributed by atoms with Crippen molar-refractivity contribution < 1.29 is 19.1 Å². The fraction of sp³-hybridized carbons (Fsp3) is 0.174. The topological polar surface area (TPSA) is 105 Å². The Balaban J connectivity index is 1.58. The molecule has 8 nitrogen and oxygen atoms in total. The van der Waals surface area contributed by atoms with E-state index in [1.165, 1.54) is 6.08 Å². The van der Waals surface area contributed by atoms with Crippen molar-refractivity contribution in [2.24, 2.45) is 0 Å². The van der Waals surface area contributed by atoms with Gasteiger partial charge in [-0.15, -0.1) is 0 Å². The number of aryl methyl sites for hydroxylation is 2. The van der Waals surface area contributed by atoms with E-state index in [9.17, 15) is 9.59 Å². The van der Waals surface area contributed by atoms with Gasteiger partial charge in [0.25, 0.3) is 5.91 Å². The molecule has 3 aromatic rings. The highest BCUT2D eigenvalue weighted by molar-refractivity contribution is 6.04. The van der Waals surface area contributed by atoms with Gasteiger partial charge in [0.15, 0.2) is 5.82 Å². The Bertz CT molecular complexity index is 1050. The van der Waals surface area contributed by atoms with Crippen LogP contribution in [0.3, 0.4) is 0 Å². The number of hydrogen-bond donors (Lipinski definition) is 3. The van der Waals surface area contributed by atoms with Gasteiger partial charge in [-0.05, 0) is 60.9 Å². The van der Waals surface area contributed by atoms with Crippen molar-refractivity contribution in [1.82, 2.24) is 10.2 Å². The quantitative estimate of drug-likeness (QED) is 0.459. The molecule has 0 saturated heterocycles. The molecule has 8 heteroatoms. The van der Waals surface area contributed by atoms with Crippen molar-refractivity contribution in [3.8, 4) is 11.5 Å². The lowest BCUT2D eigenvalue weighted by molar-refractivity contribution is -0.111. The molecule has 1 aromatic heterocycles. The standard InChI is InChI=1S/C23H24N4O4/c1-4-22(28)24-17-9-6-16(7-10-17)23(29)25-21-13-18(26-27-21)8-5-15-11-19(30-2)14-20(12-15)31-3/h4,6-7,9-14H,1,5,8H2,2-3H3,(H,24,28)(H2,25,26,27,29). The highest BCUT2D eigenvalue weighted by atomic mass is 16.5. The number of aromatic amines is 1. The van der Waals surface area contributed by atoms with E-state index >= 15 is 0 Å². The molecule has 1 heterocycles. The molecule has 0 aliphatic heterocycles. The maximum absolute atomic E-state index is 12.4. The van der Waals surface area contributed by atoms with E-state index in [2.05, 4.69) is 27.4 Å². The molecule has 0 unspecified atom stereocenters. The first-order chi connectivity index (χ1) is 15.0. The van der Waals surface area contributed by atoms with E-state index in [0.29, 0.717) is 23.5 Å². The average Bonchev–Trinajstić information content (AvgIpc) is 3.24. The maximum Gasteiger partial charge on any atom is 0.256 e. The van der Waals surface area contributed by atoms with Gasteiger partial charge in [0.05, 0.1) is 14.2 Å². The summed E-state index contributed by atoms with van der Waals surface area (Å²) in [5, 5.41) is 12.5. The molecule has 2 aromatic carbocycles. The number of methoxy groups -OCH3 is 2. The van der Waals surface area contributed by atoms with Gasteiger partial charge in [0.2, 0.25) is 5.91 Å². The molecule has 0 bridgehead atoms. The number of carbonyl (C=O) groups is 2. The second-order valence-corrected chi connectivity index (χ2v) is 6.72. The number of hydrogen-bond acceptors (Lipinski definition) is 5. The Kier molecular flexibility index (Phi) is 7.05. The molecule has 160 valence electrons. The monoisotopic (exact) mass is 420 g/mol. The van der Waals surface area contributed by atoms with Crippen LogP contribution in [0.1, 0.15) is 21.6 Å². The number of benzene rings is 2. The highest BCUT2D eigenvalue weighted by Gasteiger charge is 2.10. The number of ether oxygens (including phenoxy) is 2. The number of carbonyl (C=O) groups excluding carboxylic acids is 2. The van der Waals surface area contributed by atoms with Gasteiger partial charge in [0.1, 0.15) is 11.5 Å². The smallest absolute Gasteiger partial charge is 0.256 e. The second kappa shape index (κ2) is 10.1. The number of amides is 2. The van der Waals surface area contributed by atoms with Crippen molar-refractivity contribution in [1.29, 1.82) is 0 Å². The molecule has 0 aliphatic rings. The molecule has 0 spiro atoms. The average molecular weight is 420 g/mol. The van der Waals surface area contributed by atoms with Gasteiger partial charge in [-0.25, -0.2) is 0 Å². The van der Waals surface area contributed by atoms with E-state index in [0.717, 1.165) is 29.2 Å². The van der Waals surface area contributed by atoms with Gasteiger partial charge in [-0.3, -0.25) is 14.7 Å². The largest absolute Gasteiger partial charge is 0.497 e. The van der Waals surface area contributed by atoms with E-state index in [1.54, 1.807) is 44.6 Å². The first-order valence-electron chi connectivity index (χ1n) is 9.62. The summed E-state index contributed by atoms with van der Waals surface area (Å²) in [4.78, 5) is 23.8. The summed E-state index contributed by atoms with van der Waals surface area (Å²) in [5.41, 5.74) is 2.99. The van der Waals surface area contributed by atoms with Gasteiger partial charge in [-0.2, -0.15) is 5.10 Å². The summed E-state index contributed by atoms with van der Waals surface area (Å²) in [6, 6.07) is 14.1. The van der Waals surface area contributed by atoms with Crippen molar-refractivity contribution in [2.45, 2.75) is 12.8 Å². The fourth-order valence-electron chi connectivity index (χ4n) is 2.93. The predicted molar refractivity (Wildman–Crippen MR) is 119 cm³/mol. The Morgan fingerprint density at radius 1 is 1.00 bits per heavy atom. The number of H-pyrrole nitrogens is 1. The molecule has 0 radical (unpaired) electrons. The molecule has 0 aliphatic carbocycles. The van der Waals surface area contributed by atoms with E-state index in [1.807, 2.05) is 18.2 Å². The Labute approximate surface area is 180 Å². The molecule has 2 amide bonds. The predicted octanol–water partition coefficient (Wildman–Crippen LogP) is 3.59. The fourth-order valence-corrected chi connectivity index (χ4v) is 2.93. The summed E-state index contributed by atoms with van der Waals surface area (Å²) in [5.74, 6) is 1.31. The van der Waals surface area contributed by atoms with Crippen LogP contribution >= 0.6 is 0 Å². The molecular weight excluding hydrogens is 396 g/mol. The number of nitrogens with one attached hydrogen (secondary N) is 3. The summed E-state index contributed by atoms with van der Waals surface area (Å²) >= 11 is 0. The summed E-state index contributed by atoms with van der Waals surface area (Å²) < 4.78 is 10.6. The minimum absolute atomic E-state index is 0.294. The zero-order chi connectivity index (χ0) is 22.2. The van der Waals surface area contributed by atoms with Crippen molar-refractivity contribution in [3.63, 3.8) is 0 Å².